The molecule has 1 atom stereocenters. The van der Waals surface area contributed by atoms with Crippen molar-refractivity contribution in [3.05, 3.63) is 59.7 Å². The highest BCUT2D eigenvalue weighted by Crippen LogP contribution is 2.30. The van der Waals surface area contributed by atoms with Crippen molar-refractivity contribution in [3.63, 3.8) is 0 Å². The van der Waals surface area contributed by atoms with Crippen LogP contribution >= 0.6 is 0 Å². The topological polar surface area (TPSA) is 115 Å². The molecule has 0 aliphatic carbocycles. The summed E-state index contributed by atoms with van der Waals surface area (Å²) in [5.74, 6) is 5.51. The van der Waals surface area contributed by atoms with E-state index in [0.717, 1.165) is 5.56 Å². The van der Waals surface area contributed by atoms with Crippen molar-refractivity contribution in [2.24, 2.45) is 10.9 Å². The van der Waals surface area contributed by atoms with Crippen LogP contribution in [0.25, 0.3) is 0 Å². The van der Waals surface area contributed by atoms with Crippen LogP contribution in [-0.4, -0.2) is 67.6 Å². The summed E-state index contributed by atoms with van der Waals surface area (Å²) in [6.07, 6.45) is -0.216. The zero-order valence-corrected chi connectivity index (χ0v) is 18.3. The predicted octanol–water partition coefficient (Wildman–Crippen LogP) is 2.00. The summed E-state index contributed by atoms with van der Waals surface area (Å²) in [7, 11) is 4.53. The van der Waals surface area contributed by atoms with Crippen LogP contribution in [0.1, 0.15) is 23.5 Å². The van der Waals surface area contributed by atoms with Crippen molar-refractivity contribution in [1.29, 1.82) is 0 Å². The summed E-state index contributed by atoms with van der Waals surface area (Å²) in [6, 6.07) is 14.3. The van der Waals surface area contributed by atoms with Crippen LogP contribution in [0.4, 0.5) is 4.79 Å². The third-order valence-corrected chi connectivity index (χ3v) is 5.21. The van der Waals surface area contributed by atoms with Crippen LogP contribution in [0.5, 0.6) is 11.5 Å². The molecule has 0 aromatic heterocycles. The zero-order chi connectivity index (χ0) is 23.3. The number of nitrogens with zero attached hydrogens (tertiary/aromatic N) is 3. The van der Waals surface area contributed by atoms with Gasteiger partial charge in [0.25, 0.3) is 0 Å². The number of ether oxygens (including phenoxy) is 2. The Bertz CT molecular complexity index is 1040. The second-order valence-electron chi connectivity index (χ2n) is 7.61. The van der Waals surface area contributed by atoms with Gasteiger partial charge in [0, 0.05) is 38.5 Å². The normalized spacial score (nSPS) is 16.1. The van der Waals surface area contributed by atoms with Crippen molar-refractivity contribution in [2.45, 2.75) is 12.3 Å². The molecule has 1 unspecified atom stereocenters. The van der Waals surface area contributed by atoms with Crippen LogP contribution in [-0.2, 0) is 9.59 Å². The first-order valence-corrected chi connectivity index (χ1v) is 10.0. The van der Waals surface area contributed by atoms with E-state index in [0.29, 0.717) is 18.5 Å². The minimum Gasteiger partial charge on any atom is -0.493 e. The average Bonchev–Trinajstić information content (AvgIpc) is 3.15. The number of likely N-dealkylation sites (tertiary alicyclic amines) is 1. The van der Waals surface area contributed by atoms with E-state index >= 15 is 0 Å². The maximum Gasteiger partial charge on any atom is 0.414 e. The van der Waals surface area contributed by atoms with Gasteiger partial charge in [-0.3, -0.25) is 9.59 Å². The Morgan fingerprint density at radius 1 is 1.16 bits per heavy atom. The number of benzene rings is 2. The lowest BCUT2D eigenvalue weighted by Crippen LogP contribution is -2.35. The number of rotatable bonds is 7. The smallest absolute Gasteiger partial charge is 0.414 e. The van der Waals surface area contributed by atoms with Crippen molar-refractivity contribution in [1.82, 2.24) is 9.80 Å². The first-order chi connectivity index (χ1) is 15.3. The van der Waals surface area contributed by atoms with Crippen LogP contribution in [0, 0.1) is 0 Å². The Kier molecular flexibility index (Phi) is 7.09. The van der Waals surface area contributed by atoms with Gasteiger partial charge in [0.2, 0.25) is 11.7 Å². The molecular formula is C23H26N4O5. The first kappa shape index (κ1) is 22.8. The van der Waals surface area contributed by atoms with E-state index in [1.54, 1.807) is 20.2 Å². The molecule has 32 heavy (non-hydrogen) atoms. The van der Waals surface area contributed by atoms with Gasteiger partial charge in [-0.05, 0) is 23.8 Å². The summed E-state index contributed by atoms with van der Waals surface area (Å²) in [5, 5.41) is 3.65. The van der Waals surface area contributed by atoms with E-state index in [9.17, 15) is 14.4 Å². The maximum atomic E-state index is 12.9. The highest BCUT2D eigenvalue weighted by atomic mass is 16.6. The predicted molar refractivity (Wildman–Crippen MR) is 119 cm³/mol. The standard InChI is InChI=1S/C23H26N4O5/c1-26(2)23(30)32-19-10-9-16(11-20(19)31-3)22(25-24)18(28)14-27-13-17(12-21(27)29)15-7-5-4-6-8-15/h4-11,17H,12-14,24H2,1-3H3/b25-22+. The number of hydrogen-bond acceptors (Lipinski definition) is 7. The second-order valence-corrected chi connectivity index (χ2v) is 7.61. The van der Waals surface area contributed by atoms with E-state index in [4.69, 9.17) is 15.3 Å². The van der Waals surface area contributed by atoms with Gasteiger partial charge >= 0.3 is 6.09 Å². The van der Waals surface area contributed by atoms with Gasteiger partial charge in [0.05, 0.1) is 13.7 Å². The van der Waals surface area contributed by atoms with E-state index in [1.807, 2.05) is 30.3 Å². The number of nitrogens with two attached hydrogens (primary N) is 1. The number of methoxy groups -OCH3 is 1. The minimum absolute atomic E-state index is 0.00440. The molecule has 2 N–H and O–H groups in total. The molecule has 1 aliphatic rings. The maximum absolute atomic E-state index is 12.9. The molecule has 0 bridgehead atoms. The molecule has 2 aromatic rings. The van der Waals surface area contributed by atoms with E-state index in [-0.39, 0.29) is 35.6 Å². The Balaban J connectivity index is 1.73. The molecule has 0 spiro atoms. The van der Waals surface area contributed by atoms with Gasteiger partial charge in [-0.1, -0.05) is 30.3 Å². The Hall–Kier alpha value is -3.88. The molecule has 168 valence electrons. The van der Waals surface area contributed by atoms with E-state index in [2.05, 4.69) is 5.10 Å². The molecule has 9 heteroatoms. The second kappa shape index (κ2) is 9.95. The number of amides is 2. The Labute approximate surface area is 186 Å². The van der Waals surface area contributed by atoms with Crippen LogP contribution in [0.15, 0.2) is 53.6 Å². The molecule has 3 rings (SSSR count). The lowest BCUT2D eigenvalue weighted by Gasteiger charge is -2.17. The molecule has 1 heterocycles. The third kappa shape index (κ3) is 5.05. The number of carbonyl (C=O) groups is 3. The van der Waals surface area contributed by atoms with Crippen molar-refractivity contribution in [3.8, 4) is 11.5 Å². The summed E-state index contributed by atoms with van der Waals surface area (Å²) in [4.78, 5) is 40.0. The number of hydrazone groups is 1. The fourth-order valence-corrected chi connectivity index (χ4v) is 3.51. The number of hydrogen-bond donors (Lipinski definition) is 1. The molecule has 0 radical (unpaired) electrons. The van der Waals surface area contributed by atoms with Crippen LogP contribution in [0.2, 0.25) is 0 Å². The molecular weight excluding hydrogens is 412 g/mol. The monoisotopic (exact) mass is 438 g/mol. The van der Waals surface area contributed by atoms with Gasteiger partial charge in [-0.25, -0.2) is 4.79 Å². The number of ketones is 1. The average molecular weight is 438 g/mol. The fourth-order valence-electron chi connectivity index (χ4n) is 3.51. The summed E-state index contributed by atoms with van der Waals surface area (Å²) >= 11 is 0. The van der Waals surface area contributed by atoms with Gasteiger partial charge in [0.1, 0.15) is 5.71 Å². The first-order valence-electron chi connectivity index (χ1n) is 10.0. The summed E-state index contributed by atoms with van der Waals surface area (Å²) in [5.41, 5.74) is 1.46. The molecule has 1 saturated heterocycles. The SMILES string of the molecule is COc1cc(/C(=N\N)C(=O)CN2CC(c3ccccc3)CC2=O)ccc1OC(=O)N(C)C. The van der Waals surface area contributed by atoms with E-state index < -0.39 is 11.9 Å². The summed E-state index contributed by atoms with van der Waals surface area (Å²) in [6.45, 7) is 0.326. The molecule has 1 aliphatic heterocycles. The van der Waals surface area contributed by atoms with Gasteiger partial charge in [-0.15, -0.1) is 0 Å². The quantitative estimate of drug-likeness (QED) is 0.402. The number of carbonyl (C=O) groups excluding carboxylic acids is 3. The fraction of sp³-hybridized carbons (Fsp3) is 0.304. The van der Waals surface area contributed by atoms with Crippen molar-refractivity contribution < 1.29 is 23.9 Å². The zero-order valence-electron chi connectivity index (χ0n) is 18.3. The van der Waals surface area contributed by atoms with Gasteiger partial charge in [0.15, 0.2) is 11.5 Å². The minimum atomic E-state index is -0.569. The lowest BCUT2D eigenvalue weighted by atomic mass is 9.98. The Morgan fingerprint density at radius 3 is 2.50 bits per heavy atom. The summed E-state index contributed by atoms with van der Waals surface area (Å²) < 4.78 is 10.5. The Morgan fingerprint density at radius 2 is 1.88 bits per heavy atom. The number of Topliss-reactive ketones (excluding diaryl/α,β-unsaturated/α-hetero) is 1. The van der Waals surface area contributed by atoms with Gasteiger partial charge < -0.3 is 25.1 Å². The largest absolute Gasteiger partial charge is 0.493 e. The highest BCUT2D eigenvalue weighted by Gasteiger charge is 2.32. The van der Waals surface area contributed by atoms with Gasteiger partial charge in [-0.2, -0.15) is 5.10 Å². The molecule has 9 nitrogen and oxygen atoms in total. The molecule has 2 amide bonds. The lowest BCUT2D eigenvalue weighted by molar-refractivity contribution is -0.130. The van der Waals surface area contributed by atoms with Crippen molar-refractivity contribution in [2.75, 3.05) is 34.3 Å². The highest BCUT2D eigenvalue weighted by molar-refractivity contribution is 6.47. The molecule has 2 aromatic carbocycles. The molecule has 0 saturated carbocycles. The molecule has 1 fully saturated rings. The van der Waals surface area contributed by atoms with Crippen molar-refractivity contribution >= 4 is 23.5 Å². The third-order valence-electron chi connectivity index (χ3n) is 5.21. The van der Waals surface area contributed by atoms with E-state index in [1.165, 1.54) is 29.0 Å². The van der Waals surface area contributed by atoms with Crippen LogP contribution < -0.4 is 15.3 Å². The van der Waals surface area contributed by atoms with Crippen LogP contribution in [0.3, 0.4) is 0 Å².